The molecule has 1 heterocycles. The predicted molar refractivity (Wildman–Crippen MR) is 102 cm³/mol. The van der Waals surface area contributed by atoms with E-state index in [2.05, 4.69) is 64.0 Å². The Morgan fingerprint density at radius 1 is 1.15 bits per heavy atom. The standard InChI is InChI=1S/C21H23N5O/c1-15-7-9-16(10-8-15)13-19-23-25-26(24-19)14-20(27)22-21(18-11-12-18)17-5-3-2-4-6-17/h2-10,18,21H,11-14H2,1H3,(H,22,27). The van der Waals surface area contributed by atoms with Crippen LogP contribution in [0.3, 0.4) is 0 Å². The molecule has 138 valence electrons. The van der Waals surface area contributed by atoms with Crippen molar-refractivity contribution in [3.8, 4) is 0 Å². The van der Waals surface area contributed by atoms with Gasteiger partial charge in [-0.05, 0) is 42.0 Å². The van der Waals surface area contributed by atoms with Gasteiger partial charge in [-0.15, -0.1) is 10.2 Å². The number of amides is 1. The molecule has 1 fully saturated rings. The first-order valence-corrected chi connectivity index (χ1v) is 9.34. The largest absolute Gasteiger partial charge is 0.347 e. The molecule has 6 nitrogen and oxygen atoms in total. The minimum atomic E-state index is -0.0879. The van der Waals surface area contributed by atoms with Gasteiger partial charge in [-0.2, -0.15) is 4.80 Å². The summed E-state index contributed by atoms with van der Waals surface area (Å²) in [4.78, 5) is 13.9. The smallest absolute Gasteiger partial charge is 0.244 e. The number of carbonyl (C=O) groups excluding carboxylic acids is 1. The number of aryl methyl sites for hydroxylation is 1. The normalized spacial score (nSPS) is 14.7. The van der Waals surface area contributed by atoms with E-state index in [1.165, 1.54) is 10.4 Å². The Labute approximate surface area is 158 Å². The Hall–Kier alpha value is -3.02. The highest BCUT2D eigenvalue weighted by Gasteiger charge is 2.33. The van der Waals surface area contributed by atoms with E-state index in [1.807, 2.05) is 18.2 Å². The van der Waals surface area contributed by atoms with Gasteiger partial charge < -0.3 is 5.32 Å². The maximum absolute atomic E-state index is 12.5. The third kappa shape index (κ3) is 4.58. The lowest BCUT2D eigenvalue weighted by molar-refractivity contribution is -0.123. The molecule has 1 aliphatic carbocycles. The third-order valence-electron chi connectivity index (χ3n) is 4.83. The number of tetrazole rings is 1. The zero-order valence-electron chi connectivity index (χ0n) is 15.4. The average Bonchev–Trinajstić information content (AvgIpc) is 3.43. The van der Waals surface area contributed by atoms with E-state index in [0.29, 0.717) is 18.2 Å². The summed E-state index contributed by atoms with van der Waals surface area (Å²) in [5.74, 6) is 1.06. The summed E-state index contributed by atoms with van der Waals surface area (Å²) in [5.41, 5.74) is 3.50. The molecule has 1 aliphatic rings. The number of rotatable bonds is 7. The first kappa shape index (κ1) is 17.4. The third-order valence-corrected chi connectivity index (χ3v) is 4.83. The number of hydrogen-bond acceptors (Lipinski definition) is 4. The maximum atomic E-state index is 12.5. The lowest BCUT2D eigenvalue weighted by Gasteiger charge is -2.18. The van der Waals surface area contributed by atoms with Crippen molar-refractivity contribution in [2.75, 3.05) is 0 Å². The lowest BCUT2D eigenvalue weighted by Crippen LogP contribution is -2.33. The molecule has 0 aliphatic heterocycles. The second kappa shape index (κ2) is 7.70. The van der Waals surface area contributed by atoms with Gasteiger partial charge in [0.25, 0.3) is 0 Å². The summed E-state index contributed by atoms with van der Waals surface area (Å²) in [6.45, 7) is 2.14. The van der Waals surface area contributed by atoms with Crippen molar-refractivity contribution >= 4 is 5.91 Å². The van der Waals surface area contributed by atoms with Crippen LogP contribution in [0.1, 0.15) is 41.4 Å². The second-order valence-electron chi connectivity index (χ2n) is 7.19. The maximum Gasteiger partial charge on any atom is 0.244 e. The lowest BCUT2D eigenvalue weighted by atomic mass is 10.0. The fourth-order valence-electron chi connectivity index (χ4n) is 3.21. The summed E-state index contributed by atoms with van der Waals surface area (Å²) < 4.78 is 0. The van der Waals surface area contributed by atoms with Crippen LogP contribution < -0.4 is 5.32 Å². The zero-order valence-corrected chi connectivity index (χ0v) is 15.4. The molecular formula is C21H23N5O. The molecular weight excluding hydrogens is 338 g/mol. The van der Waals surface area contributed by atoms with E-state index in [4.69, 9.17) is 0 Å². The SMILES string of the molecule is Cc1ccc(Cc2nnn(CC(=O)NC(c3ccccc3)C3CC3)n2)cc1. The fraction of sp³-hybridized carbons (Fsp3) is 0.333. The molecule has 6 heteroatoms. The highest BCUT2D eigenvalue weighted by atomic mass is 16.2. The van der Waals surface area contributed by atoms with Crippen LogP contribution in [0.4, 0.5) is 0 Å². The summed E-state index contributed by atoms with van der Waals surface area (Å²) >= 11 is 0. The molecule has 1 N–H and O–H groups in total. The van der Waals surface area contributed by atoms with Gasteiger partial charge in [0.05, 0.1) is 6.04 Å². The molecule has 1 saturated carbocycles. The Morgan fingerprint density at radius 2 is 1.89 bits per heavy atom. The monoisotopic (exact) mass is 361 g/mol. The van der Waals surface area contributed by atoms with Gasteiger partial charge in [0.2, 0.25) is 5.91 Å². The van der Waals surface area contributed by atoms with Gasteiger partial charge in [0.15, 0.2) is 5.82 Å². The van der Waals surface area contributed by atoms with Gasteiger partial charge in [0.1, 0.15) is 6.54 Å². The minimum Gasteiger partial charge on any atom is -0.347 e. The molecule has 1 atom stereocenters. The van der Waals surface area contributed by atoms with Crippen molar-refractivity contribution < 1.29 is 4.79 Å². The number of nitrogens with one attached hydrogen (secondary N) is 1. The Morgan fingerprint density at radius 3 is 2.59 bits per heavy atom. The van der Waals surface area contributed by atoms with Gasteiger partial charge in [-0.3, -0.25) is 4.79 Å². The van der Waals surface area contributed by atoms with Crippen molar-refractivity contribution in [2.45, 2.75) is 38.8 Å². The summed E-state index contributed by atoms with van der Waals surface area (Å²) in [6.07, 6.45) is 2.92. The van der Waals surface area contributed by atoms with Crippen LogP contribution >= 0.6 is 0 Å². The quantitative estimate of drug-likeness (QED) is 0.702. The fourth-order valence-corrected chi connectivity index (χ4v) is 3.21. The van der Waals surface area contributed by atoms with Gasteiger partial charge in [0, 0.05) is 6.42 Å². The van der Waals surface area contributed by atoms with Crippen LogP contribution in [0.15, 0.2) is 54.6 Å². The van der Waals surface area contributed by atoms with Crippen LogP contribution in [-0.2, 0) is 17.8 Å². The Kier molecular flexibility index (Phi) is 4.96. The molecule has 0 saturated heterocycles. The second-order valence-corrected chi connectivity index (χ2v) is 7.19. The van der Waals surface area contributed by atoms with Crippen molar-refractivity contribution in [3.05, 3.63) is 77.1 Å². The van der Waals surface area contributed by atoms with Crippen LogP contribution in [0.25, 0.3) is 0 Å². The van der Waals surface area contributed by atoms with Crippen molar-refractivity contribution in [3.63, 3.8) is 0 Å². The summed E-state index contributed by atoms with van der Waals surface area (Å²) in [6, 6.07) is 18.4. The summed E-state index contributed by atoms with van der Waals surface area (Å²) in [7, 11) is 0. The first-order valence-electron chi connectivity index (χ1n) is 9.34. The molecule has 0 spiro atoms. The molecule has 0 bridgehead atoms. The topological polar surface area (TPSA) is 72.7 Å². The molecule has 1 unspecified atom stereocenters. The molecule has 1 amide bonds. The summed E-state index contributed by atoms with van der Waals surface area (Å²) in [5, 5.41) is 15.6. The van der Waals surface area contributed by atoms with Crippen LogP contribution in [-0.4, -0.2) is 26.1 Å². The van der Waals surface area contributed by atoms with E-state index < -0.39 is 0 Å². The van der Waals surface area contributed by atoms with Gasteiger partial charge in [-0.1, -0.05) is 60.2 Å². The van der Waals surface area contributed by atoms with E-state index in [9.17, 15) is 4.79 Å². The Bertz CT molecular complexity index is 900. The van der Waals surface area contributed by atoms with Crippen LogP contribution in [0, 0.1) is 12.8 Å². The van der Waals surface area contributed by atoms with E-state index in [0.717, 1.165) is 24.0 Å². The average molecular weight is 361 g/mol. The first-order chi connectivity index (χ1) is 13.2. The molecule has 3 aromatic rings. The number of benzene rings is 2. The molecule has 0 radical (unpaired) electrons. The molecule has 1 aromatic heterocycles. The molecule has 27 heavy (non-hydrogen) atoms. The Balaban J connectivity index is 1.37. The highest BCUT2D eigenvalue weighted by Crippen LogP contribution is 2.40. The predicted octanol–water partition coefficient (Wildman–Crippen LogP) is 2.84. The number of carbonyl (C=O) groups is 1. The zero-order chi connectivity index (χ0) is 18.6. The van der Waals surface area contributed by atoms with Crippen LogP contribution in [0.5, 0.6) is 0 Å². The van der Waals surface area contributed by atoms with Gasteiger partial charge >= 0.3 is 0 Å². The van der Waals surface area contributed by atoms with Crippen molar-refractivity contribution in [2.24, 2.45) is 5.92 Å². The van der Waals surface area contributed by atoms with E-state index in [-0.39, 0.29) is 18.5 Å². The highest BCUT2D eigenvalue weighted by molar-refractivity contribution is 5.76. The minimum absolute atomic E-state index is 0.0641. The van der Waals surface area contributed by atoms with Gasteiger partial charge in [-0.25, -0.2) is 0 Å². The van der Waals surface area contributed by atoms with E-state index in [1.54, 1.807) is 0 Å². The number of nitrogens with zero attached hydrogens (tertiary/aromatic N) is 4. The molecule has 4 rings (SSSR count). The number of hydrogen-bond donors (Lipinski definition) is 1. The van der Waals surface area contributed by atoms with E-state index >= 15 is 0 Å². The van der Waals surface area contributed by atoms with Crippen molar-refractivity contribution in [1.29, 1.82) is 0 Å². The van der Waals surface area contributed by atoms with Crippen LogP contribution in [0.2, 0.25) is 0 Å². The number of aromatic nitrogens is 4. The molecule has 2 aromatic carbocycles. The van der Waals surface area contributed by atoms with Crippen molar-refractivity contribution in [1.82, 2.24) is 25.5 Å².